The number of primary amides is 1. The number of carbonyl (C=O) groups excluding carboxylic acids is 1. The molecule has 2 N–H and O–H groups in total. The molecule has 2 aliphatic rings. The van der Waals surface area contributed by atoms with Gasteiger partial charge in [0.25, 0.3) is 0 Å². The molecular weight excluding hydrogens is 320 g/mol. The van der Waals surface area contributed by atoms with E-state index in [1.807, 2.05) is 18.3 Å². The molecule has 128 valence electrons. The molecule has 0 unspecified atom stereocenters. The van der Waals surface area contributed by atoms with Gasteiger partial charge >= 0.3 is 0 Å². The lowest BCUT2D eigenvalue weighted by atomic mass is 9.89. The largest absolute Gasteiger partial charge is 0.369 e. The molecule has 0 radical (unpaired) electrons. The van der Waals surface area contributed by atoms with Gasteiger partial charge in [-0.1, -0.05) is 6.92 Å². The first kappa shape index (κ1) is 15.8. The zero-order valence-corrected chi connectivity index (χ0v) is 15.2. The third-order valence-corrected chi connectivity index (χ3v) is 6.59. The van der Waals surface area contributed by atoms with E-state index in [2.05, 4.69) is 11.8 Å². The van der Waals surface area contributed by atoms with E-state index in [1.54, 1.807) is 0 Å². The van der Waals surface area contributed by atoms with Gasteiger partial charge in [0.1, 0.15) is 16.5 Å². The van der Waals surface area contributed by atoms with Crippen molar-refractivity contribution in [2.24, 2.45) is 17.6 Å². The van der Waals surface area contributed by atoms with Crippen molar-refractivity contribution in [3.05, 3.63) is 16.3 Å². The molecule has 0 spiro atoms. The Balaban J connectivity index is 1.74. The molecular formula is C18H24N4OS. The van der Waals surface area contributed by atoms with Crippen LogP contribution in [0, 0.1) is 18.8 Å². The maximum atomic E-state index is 11.4. The van der Waals surface area contributed by atoms with Crippen LogP contribution in [0.25, 0.3) is 10.2 Å². The summed E-state index contributed by atoms with van der Waals surface area (Å²) in [5.41, 5.74) is 6.94. The number of fused-ring (bicyclic) bond motifs is 3. The Bertz CT molecular complexity index is 792. The minimum absolute atomic E-state index is 0.0110. The smallest absolute Gasteiger partial charge is 0.220 e. The molecule has 1 atom stereocenters. The van der Waals surface area contributed by atoms with E-state index in [1.165, 1.54) is 28.7 Å². The Morgan fingerprint density at radius 2 is 2.00 bits per heavy atom. The number of anilines is 1. The van der Waals surface area contributed by atoms with Crippen molar-refractivity contribution in [1.29, 1.82) is 0 Å². The molecule has 5 nitrogen and oxygen atoms in total. The van der Waals surface area contributed by atoms with Crippen molar-refractivity contribution in [2.45, 2.75) is 46.0 Å². The van der Waals surface area contributed by atoms with E-state index in [4.69, 9.17) is 15.7 Å². The number of piperidine rings is 1. The van der Waals surface area contributed by atoms with Gasteiger partial charge in [-0.25, -0.2) is 9.97 Å². The van der Waals surface area contributed by atoms with Gasteiger partial charge < -0.3 is 10.6 Å². The van der Waals surface area contributed by atoms with Crippen LogP contribution >= 0.6 is 11.3 Å². The Hall–Kier alpha value is -1.69. The fraction of sp³-hybridized carbons (Fsp3) is 0.611. The van der Waals surface area contributed by atoms with Gasteiger partial charge in [0, 0.05) is 23.9 Å². The summed E-state index contributed by atoms with van der Waals surface area (Å²) in [7, 11) is 0. The zero-order valence-electron chi connectivity index (χ0n) is 14.3. The van der Waals surface area contributed by atoms with E-state index in [0.717, 1.165) is 54.7 Å². The number of nitrogens with zero attached hydrogens (tertiary/aromatic N) is 3. The van der Waals surface area contributed by atoms with Crippen LogP contribution in [0.15, 0.2) is 0 Å². The molecule has 4 rings (SSSR count). The molecule has 1 saturated heterocycles. The van der Waals surface area contributed by atoms with Gasteiger partial charge in [0.05, 0.1) is 5.39 Å². The van der Waals surface area contributed by atoms with Crippen molar-refractivity contribution in [2.75, 3.05) is 18.0 Å². The van der Waals surface area contributed by atoms with Crippen molar-refractivity contribution >= 4 is 33.3 Å². The van der Waals surface area contributed by atoms with Gasteiger partial charge in [-0.15, -0.1) is 11.3 Å². The van der Waals surface area contributed by atoms with E-state index in [9.17, 15) is 4.79 Å². The summed E-state index contributed by atoms with van der Waals surface area (Å²) in [5.74, 6) is 2.51. The summed E-state index contributed by atoms with van der Waals surface area (Å²) in [6.45, 7) is 6.00. The third-order valence-electron chi connectivity index (χ3n) is 5.44. The minimum Gasteiger partial charge on any atom is -0.369 e. The highest BCUT2D eigenvalue weighted by molar-refractivity contribution is 7.19. The van der Waals surface area contributed by atoms with Crippen LogP contribution < -0.4 is 10.6 Å². The SMILES string of the molecule is Cc1nc(N2CCC(C(N)=O)CC2)c2c3c(sc2n1)C[C@@H](C)CC3. The van der Waals surface area contributed by atoms with Crippen molar-refractivity contribution in [1.82, 2.24) is 9.97 Å². The highest BCUT2D eigenvalue weighted by atomic mass is 32.1. The van der Waals surface area contributed by atoms with Crippen LogP contribution in [0.2, 0.25) is 0 Å². The molecule has 1 fully saturated rings. The molecule has 2 aromatic heterocycles. The lowest BCUT2D eigenvalue weighted by Crippen LogP contribution is -2.39. The molecule has 1 amide bonds. The van der Waals surface area contributed by atoms with E-state index in [-0.39, 0.29) is 11.8 Å². The number of thiophene rings is 1. The number of amides is 1. The van der Waals surface area contributed by atoms with Crippen LogP contribution in [0.4, 0.5) is 5.82 Å². The fourth-order valence-electron chi connectivity index (χ4n) is 4.03. The van der Waals surface area contributed by atoms with Crippen LogP contribution in [-0.2, 0) is 17.6 Å². The van der Waals surface area contributed by atoms with Crippen molar-refractivity contribution in [3.63, 3.8) is 0 Å². The Morgan fingerprint density at radius 3 is 2.71 bits per heavy atom. The van der Waals surface area contributed by atoms with Crippen LogP contribution in [0.1, 0.15) is 42.5 Å². The van der Waals surface area contributed by atoms with Gasteiger partial charge in [0.15, 0.2) is 0 Å². The summed E-state index contributed by atoms with van der Waals surface area (Å²) >= 11 is 1.85. The number of nitrogens with two attached hydrogens (primary N) is 1. The van der Waals surface area contributed by atoms with Gasteiger partial charge in [-0.2, -0.15) is 0 Å². The topological polar surface area (TPSA) is 72.1 Å². The molecule has 1 aliphatic heterocycles. The summed E-state index contributed by atoms with van der Waals surface area (Å²) in [6, 6.07) is 0. The molecule has 3 heterocycles. The number of hydrogen-bond acceptors (Lipinski definition) is 5. The molecule has 0 saturated carbocycles. The lowest BCUT2D eigenvalue weighted by molar-refractivity contribution is -0.122. The average Bonchev–Trinajstić information content (AvgIpc) is 2.91. The van der Waals surface area contributed by atoms with Gasteiger partial charge in [0.2, 0.25) is 5.91 Å². The van der Waals surface area contributed by atoms with E-state index >= 15 is 0 Å². The highest BCUT2D eigenvalue weighted by Crippen LogP contribution is 2.41. The predicted octanol–water partition coefficient (Wildman–Crippen LogP) is 2.83. The number of carbonyl (C=O) groups is 1. The Labute approximate surface area is 146 Å². The van der Waals surface area contributed by atoms with Crippen molar-refractivity contribution < 1.29 is 4.79 Å². The van der Waals surface area contributed by atoms with Crippen LogP contribution in [0.3, 0.4) is 0 Å². The molecule has 2 aromatic rings. The highest BCUT2D eigenvalue weighted by Gasteiger charge is 2.28. The lowest BCUT2D eigenvalue weighted by Gasteiger charge is -2.32. The summed E-state index contributed by atoms with van der Waals surface area (Å²) in [4.78, 5) is 25.9. The van der Waals surface area contributed by atoms with Crippen LogP contribution in [-0.4, -0.2) is 29.0 Å². The second-order valence-corrected chi connectivity index (χ2v) is 8.37. The average molecular weight is 344 g/mol. The van der Waals surface area contributed by atoms with Crippen molar-refractivity contribution in [3.8, 4) is 0 Å². The fourth-order valence-corrected chi connectivity index (χ4v) is 5.45. The Morgan fingerprint density at radius 1 is 1.25 bits per heavy atom. The normalized spacial score (nSPS) is 21.9. The first-order chi connectivity index (χ1) is 11.5. The molecule has 0 aromatic carbocycles. The zero-order chi connectivity index (χ0) is 16.8. The number of aryl methyl sites for hydroxylation is 2. The first-order valence-electron chi connectivity index (χ1n) is 8.86. The monoisotopic (exact) mass is 344 g/mol. The quantitative estimate of drug-likeness (QED) is 0.909. The third kappa shape index (κ3) is 2.66. The number of hydrogen-bond donors (Lipinski definition) is 1. The molecule has 1 aliphatic carbocycles. The second kappa shape index (κ2) is 5.99. The Kier molecular flexibility index (Phi) is 3.95. The first-order valence-corrected chi connectivity index (χ1v) is 9.67. The van der Waals surface area contributed by atoms with Gasteiger partial charge in [-0.05, 0) is 50.5 Å². The standard InChI is InChI=1S/C18H24N4OS/c1-10-3-4-13-14(9-10)24-18-15(13)17(20-11(2)21-18)22-7-5-12(6-8-22)16(19)23/h10,12H,3-9H2,1-2H3,(H2,19,23)/t10-/m0/s1. The van der Waals surface area contributed by atoms with Crippen LogP contribution in [0.5, 0.6) is 0 Å². The number of rotatable bonds is 2. The minimum atomic E-state index is -0.166. The van der Waals surface area contributed by atoms with Gasteiger partial charge in [-0.3, -0.25) is 4.79 Å². The second-order valence-electron chi connectivity index (χ2n) is 7.29. The summed E-state index contributed by atoms with van der Waals surface area (Å²) < 4.78 is 0. The summed E-state index contributed by atoms with van der Waals surface area (Å²) in [6.07, 6.45) is 5.19. The maximum Gasteiger partial charge on any atom is 0.220 e. The van der Waals surface area contributed by atoms with E-state index in [0.29, 0.717) is 0 Å². The molecule has 6 heteroatoms. The summed E-state index contributed by atoms with van der Waals surface area (Å²) in [5, 5.41) is 1.27. The predicted molar refractivity (Wildman–Crippen MR) is 97.5 cm³/mol. The molecule has 0 bridgehead atoms. The number of aromatic nitrogens is 2. The molecule has 24 heavy (non-hydrogen) atoms. The van der Waals surface area contributed by atoms with E-state index < -0.39 is 0 Å². The maximum absolute atomic E-state index is 11.4.